The molecule has 1 aliphatic rings. The van der Waals surface area contributed by atoms with Crippen molar-refractivity contribution in [1.82, 2.24) is 4.90 Å². The van der Waals surface area contributed by atoms with Gasteiger partial charge in [0, 0.05) is 24.2 Å². The summed E-state index contributed by atoms with van der Waals surface area (Å²) < 4.78 is 0. The van der Waals surface area contributed by atoms with Gasteiger partial charge < -0.3 is 10.0 Å². The van der Waals surface area contributed by atoms with Crippen LogP contribution in [0.5, 0.6) is 0 Å². The summed E-state index contributed by atoms with van der Waals surface area (Å²) in [6, 6.07) is 5.72. The van der Waals surface area contributed by atoms with Gasteiger partial charge in [0.25, 0.3) is 0 Å². The van der Waals surface area contributed by atoms with Crippen molar-refractivity contribution in [3.63, 3.8) is 0 Å². The molecular formula is C16H20ClNO2. The SMILES string of the molecule is Cc1ccc(/C=C/C(=O)N2CCC(C)(O)CC2)cc1Cl. The monoisotopic (exact) mass is 293 g/mol. The van der Waals surface area contributed by atoms with Crippen molar-refractivity contribution in [2.75, 3.05) is 13.1 Å². The van der Waals surface area contributed by atoms with Gasteiger partial charge in [0.05, 0.1) is 5.60 Å². The van der Waals surface area contributed by atoms with Gasteiger partial charge >= 0.3 is 0 Å². The quantitative estimate of drug-likeness (QED) is 0.852. The van der Waals surface area contributed by atoms with Crippen LogP contribution in [0.25, 0.3) is 6.08 Å². The van der Waals surface area contributed by atoms with Crippen LogP contribution in [-0.2, 0) is 4.79 Å². The molecule has 0 saturated carbocycles. The first kappa shape index (κ1) is 15.1. The molecule has 4 heteroatoms. The van der Waals surface area contributed by atoms with Crippen molar-refractivity contribution in [2.24, 2.45) is 0 Å². The molecule has 20 heavy (non-hydrogen) atoms. The second-order valence-electron chi connectivity index (χ2n) is 5.66. The van der Waals surface area contributed by atoms with E-state index >= 15 is 0 Å². The van der Waals surface area contributed by atoms with E-state index in [1.54, 1.807) is 17.1 Å². The Hall–Kier alpha value is -1.32. The molecule has 0 aromatic heterocycles. The first-order valence-corrected chi connectivity index (χ1v) is 7.21. The molecule has 0 bridgehead atoms. The summed E-state index contributed by atoms with van der Waals surface area (Å²) in [5.74, 6) is -0.0165. The molecule has 1 amide bonds. The topological polar surface area (TPSA) is 40.5 Å². The molecule has 0 aliphatic carbocycles. The Kier molecular flexibility index (Phi) is 4.51. The maximum absolute atomic E-state index is 12.1. The number of piperidine rings is 1. The Morgan fingerprint density at radius 3 is 2.65 bits per heavy atom. The number of hydrogen-bond donors (Lipinski definition) is 1. The number of aliphatic hydroxyl groups is 1. The van der Waals surface area contributed by atoms with Crippen LogP contribution in [0, 0.1) is 6.92 Å². The highest BCUT2D eigenvalue weighted by molar-refractivity contribution is 6.31. The molecule has 1 heterocycles. The second kappa shape index (κ2) is 5.98. The van der Waals surface area contributed by atoms with E-state index in [0.717, 1.165) is 11.1 Å². The summed E-state index contributed by atoms with van der Waals surface area (Å²) in [5.41, 5.74) is 1.30. The highest BCUT2D eigenvalue weighted by Crippen LogP contribution is 2.21. The maximum Gasteiger partial charge on any atom is 0.246 e. The van der Waals surface area contributed by atoms with Crippen LogP contribution >= 0.6 is 11.6 Å². The van der Waals surface area contributed by atoms with Crippen LogP contribution < -0.4 is 0 Å². The highest BCUT2D eigenvalue weighted by atomic mass is 35.5. The van der Waals surface area contributed by atoms with E-state index in [2.05, 4.69) is 0 Å². The van der Waals surface area contributed by atoms with Gasteiger partial charge in [0.15, 0.2) is 0 Å². The zero-order valence-corrected chi connectivity index (χ0v) is 12.7. The third-order valence-corrected chi connectivity index (χ3v) is 4.17. The minimum Gasteiger partial charge on any atom is -0.390 e. The fourth-order valence-electron chi connectivity index (χ4n) is 2.19. The van der Waals surface area contributed by atoms with E-state index in [0.29, 0.717) is 31.0 Å². The molecular weight excluding hydrogens is 274 g/mol. The summed E-state index contributed by atoms with van der Waals surface area (Å²) >= 11 is 6.05. The predicted molar refractivity (Wildman–Crippen MR) is 81.7 cm³/mol. The van der Waals surface area contributed by atoms with Crippen LogP contribution in [0.3, 0.4) is 0 Å². The zero-order chi connectivity index (χ0) is 14.8. The van der Waals surface area contributed by atoms with Gasteiger partial charge in [-0.05, 0) is 50.0 Å². The zero-order valence-electron chi connectivity index (χ0n) is 11.9. The van der Waals surface area contributed by atoms with Crippen LogP contribution in [0.2, 0.25) is 5.02 Å². The number of hydrogen-bond acceptors (Lipinski definition) is 2. The number of amides is 1. The molecule has 0 radical (unpaired) electrons. The maximum atomic E-state index is 12.1. The number of benzene rings is 1. The fraction of sp³-hybridized carbons (Fsp3) is 0.438. The second-order valence-corrected chi connectivity index (χ2v) is 6.07. The molecule has 1 aromatic carbocycles. The lowest BCUT2D eigenvalue weighted by Crippen LogP contribution is -2.44. The van der Waals surface area contributed by atoms with E-state index in [9.17, 15) is 9.90 Å². The Bertz CT molecular complexity index is 527. The van der Waals surface area contributed by atoms with E-state index in [1.165, 1.54) is 0 Å². The van der Waals surface area contributed by atoms with E-state index in [-0.39, 0.29) is 5.91 Å². The number of carbonyl (C=O) groups excluding carboxylic acids is 1. The van der Waals surface area contributed by atoms with Crippen molar-refractivity contribution >= 4 is 23.6 Å². The van der Waals surface area contributed by atoms with Crippen molar-refractivity contribution in [3.8, 4) is 0 Å². The Balaban J connectivity index is 1.97. The lowest BCUT2D eigenvalue weighted by Gasteiger charge is -2.35. The summed E-state index contributed by atoms with van der Waals surface area (Å²) in [5, 5.41) is 10.6. The summed E-state index contributed by atoms with van der Waals surface area (Å²) in [4.78, 5) is 13.8. The van der Waals surface area contributed by atoms with Crippen LogP contribution in [0.1, 0.15) is 30.9 Å². The van der Waals surface area contributed by atoms with E-state index in [4.69, 9.17) is 11.6 Å². The van der Waals surface area contributed by atoms with Crippen LogP contribution in [0.4, 0.5) is 0 Å². The number of likely N-dealkylation sites (tertiary alicyclic amines) is 1. The third kappa shape index (κ3) is 3.84. The third-order valence-electron chi connectivity index (χ3n) is 3.77. The minimum absolute atomic E-state index is 0.0165. The molecule has 1 aromatic rings. The van der Waals surface area contributed by atoms with Crippen molar-refractivity contribution in [1.29, 1.82) is 0 Å². The van der Waals surface area contributed by atoms with Crippen molar-refractivity contribution in [2.45, 2.75) is 32.3 Å². The molecule has 1 fully saturated rings. The van der Waals surface area contributed by atoms with Gasteiger partial charge in [0.2, 0.25) is 5.91 Å². The largest absolute Gasteiger partial charge is 0.390 e. The van der Waals surface area contributed by atoms with E-state index in [1.807, 2.05) is 32.0 Å². The Labute approximate surface area is 124 Å². The predicted octanol–water partition coefficient (Wildman–Crippen LogP) is 3.04. The molecule has 1 N–H and O–H groups in total. The number of halogens is 1. The lowest BCUT2D eigenvalue weighted by molar-refractivity contribution is -0.129. The molecule has 0 unspecified atom stereocenters. The number of aryl methyl sites for hydroxylation is 1. The van der Waals surface area contributed by atoms with Gasteiger partial charge in [-0.15, -0.1) is 0 Å². The number of rotatable bonds is 2. The Morgan fingerprint density at radius 2 is 2.05 bits per heavy atom. The highest BCUT2D eigenvalue weighted by Gasteiger charge is 2.28. The molecule has 0 atom stereocenters. The number of carbonyl (C=O) groups is 1. The molecule has 1 saturated heterocycles. The van der Waals surface area contributed by atoms with Crippen molar-refractivity contribution in [3.05, 3.63) is 40.4 Å². The lowest BCUT2D eigenvalue weighted by atomic mass is 9.94. The van der Waals surface area contributed by atoms with Gasteiger partial charge in [-0.25, -0.2) is 0 Å². The molecule has 3 nitrogen and oxygen atoms in total. The smallest absolute Gasteiger partial charge is 0.246 e. The average molecular weight is 294 g/mol. The van der Waals surface area contributed by atoms with Gasteiger partial charge in [-0.2, -0.15) is 0 Å². The number of nitrogens with zero attached hydrogens (tertiary/aromatic N) is 1. The van der Waals surface area contributed by atoms with E-state index < -0.39 is 5.60 Å². The first-order valence-electron chi connectivity index (χ1n) is 6.83. The van der Waals surface area contributed by atoms with Crippen LogP contribution in [0.15, 0.2) is 24.3 Å². The summed E-state index contributed by atoms with van der Waals surface area (Å²) in [6.07, 6.45) is 4.60. The standard InChI is InChI=1S/C16H20ClNO2/c1-12-3-4-13(11-14(12)17)5-6-15(19)18-9-7-16(2,20)8-10-18/h3-6,11,20H,7-10H2,1-2H3/b6-5+. The van der Waals surface area contributed by atoms with Crippen molar-refractivity contribution < 1.29 is 9.90 Å². The molecule has 1 aliphatic heterocycles. The fourth-order valence-corrected chi connectivity index (χ4v) is 2.38. The summed E-state index contributed by atoms with van der Waals surface area (Å²) in [6.45, 7) is 4.97. The van der Waals surface area contributed by atoms with Gasteiger partial charge in [-0.1, -0.05) is 23.7 Å². The first-order chi connectivity index (χ1) is 9.37. The van der Waals surface area contributed by atoms with Crippen LogP contribution in [-0.4, -0.2) is 34.6 Å². The van der Waals surface area contributed by atoms with Gasteiger partial charge in [0.1, 0.15) is 0 Å². The molecule has 108 valence electrons. The molecule has 0 spiro atoms. The normalized spacial score (nSPS) is 18.5. The minimum atomic E-state index is -0.634. The Morgan fingerprint density at radius 1 is 1.40 bits per heavy atom. The summed E-state index contributed by atoms with van der Waals surface area (Å²) in [7, 11) is 0. The molecule has 2 rings (SSSR count). The van der Waals surface area contributed by atoms with Gasteiger partial charge in [-0.3, -0.25) is 4.79 Å². The average Bonchev–Trinajstić information content (AvgIpc) is 2.40.